The number of anilines is 1. The van der Waals surface area contributed by atoms with Crippen molar-refractivity contribution >= 4 is 17.2 Å². The van der Waals surface area contributed by atoms with Crippen LogP contribution in [0.5, 0.6) is 0 Å². The zero-order valence-corrected chi connectivity index (χ0v) is 15.7. The molecule has 140 valence electrons. The normalized spacial score (nSPS) is 15.9. The van der Waals surface area contributed by atoms with Crippen molar-refractivity contribution in [2.75, 3.05) is 31.1 Å². The third-order valence-electron chi connectivity index (χ3n) is 5.34. The molecule has 1 aliphatic heterocycles. The van der Waals surface area contributed by atoms with Crippen LogP contribution in [0.3, 0.4) is 0 Å². The van der Waals surface area contributed by atoms with Crippen LogP contribution in [0.2, 0.25) is 0 Å². The van der Waals surface area contributed by atoms with Gasteiger partial charge in [-0.1, -0.05) is 24.3 Å². The number of likely N-dealkylation sites (N-methyl/N-ethyl adjacent to an activating group) is 1. The van der Waals surface area contributed by atoms with E-state index in [4.69, 9.17) is 0 Å². The van der Waals surface area contributed by atoms with Crippen LogP contribution < -0.4 is 4.90 Å². The molecule has 1 saturated heterocycles. The van der Waals surface area contributed by atoms with Crippen LogP contribution in [-0.2, 0) is 4.79 Å². The van der Waals surface area contributed by atoms with Gasteiger partial charge in [-0.25, -0.2) is 0 Å². The molecule has 0 aliphatic carbocycles. The average Bonchev–Trinajstić information content (AvgIpc) is 3.14. The molecule has 0 radical (unpaired) electrons. The predicted octanol–water partition coefficient (Wildman–Crippen LogP) is 2.96. The first-order valence-corrected chi connectivity index (χ1v) is 9.63. The van der Waals surface area contributed by atoms with E-state index in [1.807, 2.05) is 66.6 Å². The maximum absolute atomic E-state index is 12.8. The molecule has 3 heterocycles. The predicted molar refractivity (Wildman–Crippen MR) is 106 cm³/mol. The number of amides is 1. The summed E-state index contributed by atoms with van der Waals surface area (Å²) in [6.07, 6.45) is 4.03. The van der Waals surface area contributed by atoms with Gasteiger partial charge in [0.2, 0.25) is 5.91 Å². The number of para-hydroxylation sites is 1. The lowest BCUT2D eigenvalue weighted by molar-refractivity contribution is -0.120. The van der Waals surface area contributed by atoms with E-state index in [2.05, 4.69) is 19.5 Å². The Morgan fingerprint density at radius 1 is 1.07 bits per heavy atom. The maximum atomic E-state index is 12.8. The number of likely N-dealkylation sites (tertiary alicyclic amines) is 1. The van der Waals surface area contributed by atoms with E-state index in [-0.39, 0.29) is 5.91 Å². The molecule has 0 bridgehead atoms. The summed E-state index contributed by atoms with van der Waals surface area (Å²) in [7, 11) is 0. The monoisotopic (exact) mass is 363 g/mol. The summed E-state index contributed by atoms with van der Waals surface area (Å²) in [4.78, 5) is 16.9. The first-order chi connectivity index (χ1) is 13.3. The maximum Gasteiger partial charge on any atom is 0.241 e. The van der Waals surface area contributed by atoms with Gasteiger partial charge in [-0.2, -0.15) is 0 Å². The minimum Gasteiger partial charge on any atom is -0.312 e. The standard InChI is InChI=1S/C21H25N5O/c1-2-25(18-8-4-3-5-9-18)20(27)16-24-14-11-17(12-15-24)21-23-22-19-10-6-7-13-26(19)21/h3-10,13,17H,2,11-12,14-16H2,1H3. The summed E-state index contributed by atoms with van der Waals surface area (Å²) in [6.45, 7) is 4.99. The largest absolute Gasteiger partial charge is 0.312 e. The minimum absolute atomic E-state index is 0.162. The van der Waals surface area contributed by atoms with Gasteiger partial charge in [-0.3, -0.25) is 14.1 Å². The molecular weight excluding hydrogens is 338 g/mol. The van der Waals surface area contributed by atoms with E-state index >= 15 is 0 Å². The first-order valence-electron chi connectivity index (χ1n) is 9.63. The molecule has 0 spiro atoms. The topological polar surface area (TPSA) is 53.7 Å². The molecule has 6 nitrogen and oxygen atoms in total. The van der Waals surface area contributed by atoms with E-state index in [1.54, 1.807) is 0 Å². The highest BCUT2D eigenvalue weighted by Crippen LogP contribution is 2.27. The summed E-state index contributed by atoms with van der Waals surface area (Å²) < 4.78 is 2.08. The van der Waals surface area contributed by atoms with Crippen molar-refractivity contribution in [2.45, 2.75) is 25.7 Å². The quantitative estimate of drug-likeness (QED) is 0.699. The van der Waals surface area contributed by atoms with E-state index in [0.29, 0.717) is 19.0 Å². The summed E-state index contributed by atoms with van der Waals surface area (Å²) in [5.74, 6) is 1.59. The molecular formula is C21H25N5O. The Balaban J connectivity index is 1.37. The molecule has 3 aromatic rings. The number of nitrogens with zero attached hydrogens (tertiary/aromatic N) is 5. The fourth-order valence-electron chi connectivity index (χ4n) is 3.88. The number of fused-ring (bicyclic) bond motifs is 1. The Labute approximate surface area is 159 Å². The van der Waals surface area contributed by atoms with Crippen LogP contribution in [0.1, 0.15) is 31.5 Å². The van der Waals surface area contributed by atoms with E-state index in [9.17, 15) is 4.79 Å². The average molecular weight is 363 g/mol. The van der Waals surface area contributed by atoms with Gasteiger partial charge < -0.3 is 4.90 Å². The van der Waals surface area contributed by atoms with Gasteiger partial charge in [0.1, 0.15) is 5.82 Å². The van der Waals surface area contributed by atoms with Crippen molar-refractivity contribution in [2.24, 2.45) is 0 Å². The molecule has 0 unspecified atom stereocenters. The third-order valence-corrected chi connectivity index (χ3v) is 5.34. The second-order valence-corrected chi connectivity index (χ2v) is 7.01. The van der Waals surface area contributed by atoms with Crippen LogP contribution in [0.15, 0.2) is 54.7 Å². The Hall–Kier alpha value is -2.73. The number of piperidine rings is 1. The Morgan fingerprint density at radius 2 is 1.81 bits per heavy atom. The number of aromatic nitrogens is 3. The highest BCUT2D eigenvalue weighted by Gasteiger charge is 2.26. The van der Waals surface area contributed by atoms with Crippen molar-refractivity contribution in [3.8, 4) is 0 Å². The first kappa shape index (κ1) is 17.7. The summed E-state index contributed by atoms with van der Waals surface area (Å²) in [6, 6.07) is 15.9. The van der Waals surface area contributed by atoms with Crippen LogP contribution in [0, 0.1) is 0 Å². The molecule has 2 aromatic heterocycles. The van der Waals surface area contributed by atoms with Gasteiger partial charge in [0, 0.05) is 24.3 Å². The van der Waals surface area contributed by atoms with E-state index in [0.717, 1.165) is 43.1 Å². The van der Waals surface area contributed by atoms with Gasteiger partial charge >= 0.3 is 0 Å². The SMILES string of the molecule is CCN(C(=O)CN1CCC(c2nnc3ccccn23)CC1)c1ccccc1. The lowest BCUT2D eigenvalue weighted by Gasteiger charge is -2.32. The molecule has 0 atom stereocenters. The summed E-state index contributed by atoms with van der Waals surface area (Å²) in [5.41, 5.74) is 1.86. The molecule has 0 saturated carbocycles. The van der Waals surface area contributed by atoms with Gasteiger partial charge in [0.25, 0.3) is 0 Å². The van der Waals surface area contributed by atoms with E-state index in [1.165, 1.54) is 0 Å². The van der Waals surface area contributed by atoms with Crippen molar-refractivity contribution in [1.29, 1.82) is 0 Å². The number of hydrogen-bond donors (Lipinski definition) is 0. The van der Waals surface area contributed by atoms with Crippen molar-refractivity contribution in [3.63, 3.8) is 0 Å². The molecule has 27 heavy (non-hydrogen) atoms. The van der Waals surface area contributed by atoms with Gasteiger partial charge in [0.05, 0.1) is 6.54 Å². The zero-order chi connectivity index (χ0) is 18.6. The summed E-state index contributed by atoms with van der Waals surface area (Å²) >= 11 is 0. The number of carbonyl (C=O) groups excluding carboxylic acids is 1. The van der Waals surface area contributed by atoms with Crippen molar-refractivity contribution in [3.05, 3.63) is 60.6 Å². The fourth-order valence-corrected chi connectivity index (χ4v) is 3.88. The molecule has 6 heteroatoms. The lowest BCUT2D eigenvalue weighted by Crippen LogP contribution is -2.43. The Bertz CT molecular complexity index is 899. The summed E-state index contributed by atoms with van der Waals surface area (Å²) in [5, 5.41) is 8.67. The van der Waals surface area contributed by atoms with Crippen LogP contribution in [0.25, 0.3) is 5.65 Å². The highest BCUT2D eigenvalue weighted by atomic mass is 16.2. The molecule has 1 aromatic carbocycles. The van der Waals surface area contributed by atoms with Crippen LogP contribution >= 0.6 is 0 Å². The van der Waals surface area contributed by atoms with Crippen LogP contribution in [0.4, 0.5) is 5.69 Å². The van der Waals surface area contributed by atoms with Crippen LogP contribution in [-0.4, -0.2) is 51.6 Å². The lowest BCUT2D eigenvalue weighted by atomic mass is 9.96. The number of pyridine rings is 1. The number of carbonyl (C=O) groups is 1. The van der Waals surface area contributed by atoms with Crippen molar-refractivity contribution < 1.29 is 4.79 Å². The smallest absolute Gasteiger partial charge is 0.241 e. The molecule has 4 rings (SSSR count). The minimum atomic E-state index is 0.162. The molecule has 1 aliphatic rings. The van der Waals surface area contributed by atoms with Crippen molar-refractivity contribution in [1.82, 2.24) is 19.5 Å². The van der Waals surface area contributed by atoms with Gasteiger partial charge in [0.15, 0.2) is 5.65 Å². The molecule has 1 amide bonds. The Morgan fingerprint density at radius 3 is 2.56 bits per heavy atom. The van der Waals surface area contributed by atoms with Gasteiger partial charge in [-0.15, -0.1) is 10.2 Å². The van der Waals surface area contributed by atoms with Gasteiger partial charge in [-0.05, 0) is 57.1 Å². The fraction of sp³-hybridized carbons (Fsp3) is 0.381. The zero-order valence-electron chi connectivity index (χ0n) is 15.7. The van der Waals surface area contributed by atoms with E-state index < -0.39 is 0 Å². The number of benzene rings is 1. The highest BCUT2D eigenvalue weighted by molar-refractivity contribution is 5.94. The Kier molecular flexibility index (Phi) is 5.16. The number of hydrogen-bond acceptors (Lipinski definition) is 4. The molecule has 0 N–H and O–H groups in total. The molecule has 1 fully saturated rings. The second-order valence-electron chi connectivity index (χ2n) is 7.01. The second kappa shape index (κ2) is 7.88. The third kappa shape index (κ3) is 3.71. The number of rotatable bonds is 5.